The Hall–Kier alpha value is -0.880. The summed E-state index contributed by atoms with van der Waals surface area (Å²) >= 11 is 7.84. The van der Waals surface area contributed by atoms with Crippen molar-refractivity contribution in [3.63, 3.8) is 0 Å². The summed E-state index contributed by atoms with van der Waals surface area (Å²) < 4.78 is 40.2. The van der Waals surface area contributed by atoms with E-state index in [-0.39, 0.29) is 5.38 Å². The van der Waals surface area contributed by atoms with E-state index < -0.39 is 11.7 Å². The van der Waals surface area contributed by atoms with Gasteiger partial charge in [-0.25, -0.2) is 4.98 Å². The number of hydrogen-bond acceptors (Lipinski definition) is 2. The van der Waals surface area contributed by atoms with Crippen LogP contribution in [0.15, 0.2) is 18.2 Å². The molecule has 1 heterocycles. The molecule has 1 unspecified atom stereocenters. The number of hydrogen-bond donors (Lipinski definition) is 0. The molecule has 2 nitrogen and oxygen atoms in total. The molecule has 21 heavy (non-hydrogen) atoms. The van der Waals surface area contributed by atoms with E-state index in [1.54, 1.807) is 18.7 Å². The number of fused-ring (bicyclic) bond motifs is 1. The highest BCUT2D eigenvalue weighted by molar-refractivity contribution is 7.98. The van der Waals surface area contributed by atoms with Gasteiger partial charge in [0.05, 0.1) is 22.0 Å². The highest BCUT2D eigenvalue weighted by Gasteiger charge is 2.31. The Morgan fingerprint density at radius 3 is 2.67 bits per heavy atom. The minimum Gasteiger partial charge on any atom is -0.327 e. The molecular weight excluding hydrogens is 321 g/mol. The van der Waals surface area contributed by atoms with Crippen LogP contribution in [0.2, 0.25) is 0 Å². The summed E-state index contributed by atoms with van der Waals surface area (Å²) in [6.45, 7) is 2.48. The summed E-state index contributed by atoms with van der Waals surface area (Å²) in [5.74, 6) is 1.60. The van der Waals surface area contributed by atoms with Crippen molar-refractivity contribution in [2.45, 2.75) is 31.4 Å². The smallest absolute Gasteiger partial charge is 0.327 e. The van der Waals surface area contributed by atoms with Crippen molar-refractivity contribution in [1.29, 1.82) is 0 Å². The van der Waals surface area contributed by atoms with Gasteiger partial charge in [-0.15, -0.1) is 11.6 Å². The fourth-order valence-electron chi connectivity index (χ4n) is 2.23. The first-order chi connectivity index (χ1) is 9.84. The Bertz CT molecular complexity index is 622. The average molecular weight is 337 g/mol. The highest BCUT2D eigenvalue weighted by Crippen LogP contribution is 2.33. The van der Waals surface area contributed by atoms with E-state index in [1.807, 2.05) is 10.8 Å². The van der Waals surface area contributed by atoms with Gasteiger partial charge in [-0.05, 0) is 43.6 Å². The van der Waals surface area contributed by atoms with Gasteiger partial charge in [-0.3, -0.25) is 0 Å². The summed E-state index contributed by atoms with van der Waals surface area (Å²) in [4.78, 5) is 4.29. The minimum atomic E-state index is -4.36. The molecule has 0 fully saturated rings. The van der Waals surface area contributed by atoms with Crippen LogP contribution in [-0.2, 0) is 12.7 Å². The maximum absolute atomic E-state index is 12.8. The molecule has 0 N–H and O–H groups in total. The van der Waals surface area contributed by atoms with Crippen LogP contribution in [0.4, 0.5) is 13.2 Å². The molecule has 1 aromatic heterocycles. The predicted octanol–water partition coefficient (Wildman–Crippen LogP) is 5.11. The first-order valence-electron chi connectivity index (χ1n) is 6.55. The van der Waals surface area contributed by atoms with E-state index in [0.717, 1.165) is 24.3 Å². The molecule has 2 aromatic rings. The SMILES string of the molecule is CSCCCn1c(C(C)Cl)nc2cc(C(F)(F)F)ccc21. The van der Waals surface area contributed by atoms with Crippen LogP contribution in [0.3, 0.4) is 0 Å². The largest absolute Gasteiger partial charge is 0.416 e. The van der Waals surface area contributed by atoms with Crippen molar-refractivity contribution in [1.82, 2.24) is 9.55 Å². The van der Waals surface area contributed by atoms with Crippen molar-refractivity contribution in [2.24, 2.45) is 0 Å². The van der Waals surface area contributed by atoms with Gasteiger partial charge in [0.15, 0.2) is 0 Å². The molecule has 0 spiro atoms. The average Bonchev–Trinajstić information content (AvgIpc) is 2.76. The number of nitrogens with zero attached hydrogens (tertiary/aromatic N) is 2. The van der Waals surface area contributed by atoms with Crippen LogP contribution in [0.25, 0.3) is 11.0 Å². The van der Waals surface area contributed by atoms with Crippen molar-refractivity contribution < 1.29 is 13.2 Å². The quantitative estimate of drug-likeness (QED) is 0.558. The number of aromatic nitrogens is 2. The zero-order valence-electron chi connectivity index (χ0n) is 11.7. The molecule has 0 aliphatic carbocycles. The van der Waals surface area contributed by atoms with Gasteiger partial charge in [0, 0.05) is 6.54 Å². The fourth-order valence-corrected chi connectivity index (χ4v) is 2.81. The number of benzene rings is 1. The molecule has 116 valence electrons. The first kappa shape index (κ1) is 16.5. The lowest BCUT2D eigenvalue weighted by atomic mass is 10.2. The number of aryl methyl sites for hydroxylation is 1. The van der Waals surface area contributed by atoms with E-state index in [0.29, 0.717) is 23.4 Å². The lowest BCUT2D eigenvalue weighted by Crippen LogP contribution is -2.06. The molecule has 0 aliphatic heterocycles. The van der Waals surface area contributed by atoms with Gasteiger partial charge in [-0.1, -0.05) is 0 Å². The number of imidazole rings is 1. The van der Waals surface area contributed by atoms with E-state index in [2.05, 4.69) is 4.98 Å². The second-order valence-corrected chi connectivity index (χ2v) is 6.43. The van der Waals surface area contributed by atoms with E-state index in [4.69, 9.17) is 11.6 Å². The summed E-state index contributed by atoms with van der Waals surface area (Å²) in [7, 11) is 0. The maximum atomic E-state index is 12.8. The summed E-state index contributed by atoms with van der Waals surface area (Å²) in [5.41, 5.74) is 0.362. The first-order valence-corrected chi connectivity index (χ1v) is 8.38. The topological polar surface area (TPSA) is 17.8 Å². The molecule has 2 rings (SSSR count). The van der Waals surface area contributed by atoms with Gasteiger partial charge in [0.25, 0.3) is 0 Å². The van der Waals surface area contributed by atoms with Crippen molar-refractivity contribution in [2.75, 3.05) is 12.0 Å². The third-order valence-corrected chi connectivity index (χ3v) is 4.08. The van der Waals surface area contributed by atoms with Gasteiger partial charge in [-0.2, -0.15) is 24.9 Å². The zero-order valence-corrected chi connectivity index (χ0v) is 13.3. The Morgan fingerprint density at radius 1 is 1.38 bits per heavy atom. The molecule has 0 saturated heterocycles. The van der Waals surface area contributed by atoms with Gasteiger partial charge in [0.1, 0.15) is 5.82 Å². The molecule has 0 saturated carbocycles. The van der Waals surface area contributed by atoms with Gasteiger partial charge < -0.3 is 4.57 Å². The van der Waals surface area contributed by atoms with Gasteiger partial charge in [0.2, 0.25) is 0 Å². The van der Waals surface area contributed by atoms with E-state index in [9.17, 15) is 13.2 Å². The van der Waals surface area contributed by atoms with Crippen molar-refractivity contribution >= 4 is 34.4 Å². The normalized spacial score (nSPS) is 13.8. The number of alkyl halides is 4. The summed E-state index contributed by atoms with van der Waals surface area (Å²) in [6.07, 6.45) is -1.42. The third kappa shape index (κ3) is 3.66. The Balaban J connectivity index is 2.47. The molecule has 0 aliphatic rings. The maximum Gasteiger partial charge on any atom is 0.416 e. The number of rotatable bonds is 5. The van der Waals surface area contributed by atoms with Crippen LogP contribution >= 0.6 is 23.4 Å². The van der Waals surface area contributed by atoms with E-state index >= 15 is 0 Å². The van der Waals surface area contributed by atoms with E-state index in [1.165, 1.54) is 6.07 Å². The highest BCUT2D eigenvalue weighted by atomic mass is 35.5. The Morgan fingerprint density at radius 2 is 2.10 bits per heavy atom. The predicted molar refractivity (Wildman–Crippen MR) is 82.0 cm³/mol. The van der Waals surface area contributed by atoms with Crippen LogP contribution in [0.5, 0.6) is 0 Å². The van der Waals surface area contributed by atoms with Crippen LogP contribution in [-0.4, -0.2) is 21.6 Å². The minimum absolute atomic E-state index is 0.344. The standard InChI is InChI=1S/C14H16ClF3N2S/c1-9(15)13-19-11-8-10(14(16,17)18)4-5-12(11)20(13)6-3-7-21-2/h4-5,8-9H,3,6-7H2,1-2H3. The molecule has 0 amide bonds. The molecular formula is C14H16ClF3N2S. The van der Waals surface area contributed by atoms with Crippen LogP contribution in [0, 0.1) is 0 Å². The van der Waals surface area contributed by atoms with Crippen LogP contribution < -0.4 is 0 Å². The lowest BCUT2D eigenvalue weighted by molar-refractivity contribution is -0.137. The number of halogens is 4. The lowest BCUT2D eigenvalue weighted by Gasteiger charge is -2.10. The Labute approximate surface area is 130 Å². The van der Waals surface area contributed by atoms with Crippen molar-refractivity contribution in [3.05, 3.63) is 29.6 Å². The molecule has 1 atom stereocenters. The number of thioether (sulfide) groups is 1. The molecule has 1 aromatic carbocycles. The second-order valence-electron chi connectivity index (χ2n) is 4.79. The molecule has 0 bridgehead atoms. The zero-order chi connectivity index (χ0) is 15.6. The molecule has 0 radical (unpaired) electrons. The monoisotopic (exact) mass is 336 g/mol. The summed E-state index contributed by atoms with van der Waals surface area (Å²) in [6, 6.07) is 3.66. The second kappa shape index (κ2) is 6.48. The van der Waals surface area contributed by atoms with Crippen LogP contribution in [0.1, 0.15) is 30.1 Å². The Kier molecular flexibility index (Phi) is 5.09. The van der Waals surface area contributed by atoms with Gasteiger partial charge >= 0.3 is 6.18 Å². The fraction of sp³-hybridized carbons (Fsp3) is 0.500. The van der Waals surface area contributed by atoms with Crippen molar-refractivity contribution in [3.8, 4) is 0 Å². The molecule has 7 heteroatoms. The third-order valence-electron chi connectivity index (χ3n) is 3.19. The summed E-state index contributed by atoms with van der Waals surface area (Å²) in [5, 5.41) is -0.346.